The highest BCUT2D eigenvalue weighted by atomic mass is 19.4. The number of likely N-dealkylation sites (tertiary alicyclic amines) is 1. The van der Waals surface area contributed by atoms with Crippen molar-refractivity contribution in [3.05, 3.63) is 60.3 Å². The molecule has 1 aliphatic rings. The van der Waals surface area contributed by atoms with Gasteiger partial charge in [0.2, 0.25) is 0 Å². The van der Waals surface area contributed by atoms with Crippen LogP contribution in [0.15, 0.2) is 54.7 Å². The summed E-state index contributed by atoms with van der Waals surface area (Å²) in [5.41, 5.74) is 2.49. The van der Waals surface area contributed by atoms with E-state index in [4.69, 9.17) is 14.6 Å². The molecule has 172 valence electrons. The van der Waals surface area contributed by atoms with E-state index < -0.39 is 12.1 Å². The molecule has 1 fully saturated rings. The molecule has 0 bridgehead atoms. The molecule has 0 saturated carbocycles. The number of carbonyl (C=O) groups is 1. The van der Waals surface area contributed by atoms with Crippen LogP contribution in [0, 0.1) is 6.92 Å². The molecule has 6 nitrogen and oxygen atoms in total. The van der Waals surface area contributed by atoms with Gasteiger partial charge in [-0.2, -0.15) is 18.3 Å². The van der Waals surface area contributed by atoms with Crippen LogP contribution in [0.2, 0.25) is 0 Å². The van der Waals surface area contributed by atoms with Crippen molar-refractivity contribution in [3.63, 3.8) is 0 Å². The lowest BCUT2D eigenvalue weighted by atomic mass is 10.1. The maximum absolute atomic E-state index is 10.6. The number of nitrogens with zero attached hydrogens (tertiary/aromatic N) is 3. The van der Waals surface area contributed by atoms with Crippen LogP contribution in [0.25, 0.3) is 10.9 Å². The van der Waals surface area contributed by atoms with Crippen molar-refractivity contribution in [3.8, 4) is 5.75 Å². The number of hydrogen-bond donors (Lipinski definition) is 1. The second kappa shape index (κ2) is 10.5. The zero-order valence-corrected chi connectivity index (χ0v) is 17.8. The molecule has 1 aromatic heterocycles. The Bertz CT molecular complexity index is 1010. The summed E-state index contributed by atoms with van der Waals surface area (Å²) in [5.74, 6) is -1.76. The molecule has 0 spiro atoms. The van der Waals surface area contributed by atoms with Crippen molar-refractivity contribution in [2.45, 2.75) is 38.6 Å². The topological polar surface area (TPSA) is 67.6 Å². The molecule has 3 aromatic rings. The van der Waals surface area contributed by atoms with Gasteiger partial charge in [0.25, 0.3) is 0 Å². The Morgan fingerprint density at radius 3 is 2.34 bits per heavy atom. The van der Waals surface area contributed by atoms with Gasteiger partial charge in [0.05, 0.1) is 18.3 Å². The minimum atomic E-state index is -5.08. The summed E-state index contributed by atoms with van der Waals surface area (Å²) < 4.78 is 40.0. The predicted octanol–water partition coefficient (Wildman–Crippen LogP) is 4.52. The average Bonchev–Trinajstić information content (AvgIpc) is 3.18. The zero-order chi connectivity index (χ0) is 23.1. The van der Waals surface area contributed by atoms with E-state index in [1.165, 1.54) is 16.5 Å². The number of carboxylic acid groups (broad SMARTS) is 1. The number of aromatic nitrogens is 2. The van der Waals surface area contributed by atoms with E-state index in [1.807, 2.05) is 6.20 Å². The lowest BCUT2D eigenvalue weighted by molar-refractivity contribution is -0.192. The molecule has 0 amide bonds. The number of hydrogen-bond acceptors (Lipinski definition) is 4. The van der Waals surface area contributed by atoms with Crippen LogP contribution in [-0.4, -0.2) is 57.7 Å². The van der Waals surface area contributed by atoms with Crippen molar-refractivity contribution >= 4 is 16.9 Å². The van der Waals surface area contributed by atoms with Crippen molar-refractivity contribution in [1.29, 1.82) is 0 Å². The molecule has 2 aromatic carbocycles. The number of para-hydroxylation sites is 1. The summed E-state index contributed by atoms with van der Waals surface area (Å²) in [5, 5.41) is 12.9. The number of benzene rings is 2. The van der Waals surface area contributed by atoms with Gasteiger partial charge in [0, 0.05) is 25.0 Å². The summed E-state index contributed by atoms with van der Waals surface area (Å²) in [6, 6.07) is 16.8. The summed E-state index contributed by atoms with van der Waals surface area (Å²) in [6.07, 6.45) is -0.608. The third-order valence-electron chi connectivity index (χ3n) is 5.28. The number of aliphatic carboxylic acids is 1. The smallest absolute Gasteiger partial charge is 0.490 e. The van der Waals surface area contributed by atoms with Crippen LogP contribution in [-0.2, 0) is 11.3 Å². The Hall–Kier alpha value is -3.07. The second-order valence-electron chi connectivity index (χ2n) is 7.70. The summed E-state index contributed by atoms with van der Waals surface area (Å²) >= 11 is 0. The number of alkyl halides is 3. The monoisotopic (exact) mass is 449 g/mol. The van der Waals surface area contributed by atoms with Crippen LogP contribution in [0.4, 0.5) is 13.2 Å². The second-order valence-corrected chi connectivity index (χ2v) is 7.70. The highest BCUT2D eigenvalue weighted by Gasteiger charge is 2.38. The SMILES string of the molecule is Cc1ccc(OC2CCN(CCn3ncc4ccccc43)CC2)cc1.O=C(O)C(F)(F)F. The quantitative estimate of drug-likeness (QED) is 0.620. The van der Waals surface area contributed by atoms with Gasteiger partial charge in [-0.05, 0) is 38.0 Å². The largest absolute Gasteiger partial charge is 0.490 e. The summed E-state index contributed by atoms with van der Waals surface area (Å²) in [4.78, 5) is 11.4. The van der Waals surface area contributed by atoms with E-state index in [0.29, 0.717) is 6.10 Å². The number of piperidine rings is 1. The fourth-order valence-corrected chi connectivity index (χ4v) is 3.50. The summed E-state index contributed by atoms with van der Waals surface area (Å²) in [7, 11) is 0. The van der Waals surface area contributed by atoms with Crippen LogP contribution < -0.4 is 4.74 Å². The van der Waals surface area contributed by atoms with E-state index >= 15 is 0 Å². The van der Waals surface area contributed by atoms with Crippen LogP contribution in [0.3, 0.4) is 0 Å². The van der Waals surface area contributed by atoms with Gasteiger partial charge in [-0.1, -0.05) is 35.9 Å². The number of fused-ring (bicyclic) bond motifs is 1. The number of carboxylic acids is 1. The Morgan fingerprint density at radius 2 is 1.72 bits per heavy atom. The lowest BCUT2D eigenvalue weighted by Crippen LogP contribution is -2.39. The normalized spacial score (nSPS) is 15.2. The molecule has 0 aliphatic carbocycles. The van der Waals surface area contributed by atoms with Gasteiger partial charge in [0.15, 0.2) is 0 Å². The van der Waals surface area contributed by atoms with Crippen LogP contribution in [0.1, 0.15) is 18.4 Å². The number of halogens is 3. The standard InChI is InChI=1S/C21H25N3O.C2HF3O2/c1-17-6-8-19(9-7-17)25-20-10-12-23(13-11-20)14-15-24-21-5-3-2-4-18(21)16-22-24;3-2(4,5)1(6)7/h2-9,16,20H,10-15H2,1H3;(H,6,7). The average molecular weight is 449 g/mol. The molecule has 0 atom stereocenters. The van der Waals surface area contributed by atoms with Gasteiger partial charge in [0.1, 0.15) is 11.9 Å². The van der Waals surface area contributed by atoms with Crippen LogP contribution in [0.5, 0.6) is 5.75 Å². The van der Waals surface area contributed by atoms with Crippen LogP contribution >= 0.6 is 0 Å². The molecular weight excluding hydrogens is 423 g/mol. The Balaban J connectivity index is 0.000000360. The molecule has 32 heavy (non-hydrogen) atoms. The Morgan fingerprint density at radius 1 is 1.09 bits per heavy atom. The molecule has 2 heterocycles. The van der Waals surface area contributed by atoms with E-state index in [1.54, 1.807) is 0 Å². The third kappa shape index (κ3) is 6.71. The molecule has 0 unspecified atom stereocenters. The van der Waals surface area contributed by atoms with E-state index in [-0.39, 0.29) is 0 Å². The fourth-order valence-electron chi connectivity index (χ4n) is 3.50. The van der Waals surface area contributed by atoms with Crippen molar-refractivity contribution in [2.75, 3.05) is 19.6 Å². The van der Waals surface area contributed by atoms with Gasteiger partial charge >= 0.3 is 12.1 Å². The molecule has 1 saturated heterocycles. The highest BCUT2D eigenvalue weighted by Crippen LogP contribution is 2.20. The first-order valence-electron chi connectivity index (χ1n) is 10.4. The Kier molecular flexibility index (Phi) is 7.74. The maximum atomic E-state index is 10.6. The van der Waals surface area contributed by atoms with Gasteiger partial charge in [-0.3, -0.25) is 4.68 Å². The number of rotatable bonds is 5. The Labute approximate surface area is 184 Å². The number of aryl methyl sites for hydroxylation is 1. The molecule has 4 rings (SSSR count). The third-order valence-corrected chi connectivity index (χ3v) is 5.28. The van der Waals surface area contributed by atoms with E-state index in [2.05, 4.69) is 70.1 Å². The van der Waals surface area contributed by atoms with Gasteiger partial charge in [-0.15, -0.1) is 0 Å². The molecular formula is C23H26F3N3O3. The zero-order valence-electron chi connectivity index (χ0n) is 17.8. The molecule has 9 heteroatoms. The van der Waals surface area contributed by atoms with E-state index in [0.717, 1.165) is 44.8 Å². The first-order valence-corrected chi connectivity index (χ1v) is 10.4. The molecule has 0 radical (unpaired) electrons. The van der Waals surface area contributed by atoms with Crippen molar-refractivity contribution < 1.29 is 27.8 Å². The first-order chi connectivity index (χ1) is 15.2. The molecule has 1 aliphatic heterocycles. The first kappa shape index (κ1) is 23.6. The summed E-state index contributed by atoms with van der Waals surface area (Å²) in [6.45, 7) is 6.27. The van der Waals surface area contributed by atoms with Gasteiger partial charge in [-0.25, -0.2) is 4.79 Å². The molecule has 1 N–H and O–H groups in total. The maximum Gasteiger partial charge on any atom is 0.490 e. The van der Waals surface area contributed by atoms with E-state index in [9.17, 15) is 13.2 Å². The van der Waals surface area contributed by atoms with Gasteiger partial charge < -0.3 is 14.7 Å². The minimum absolute atomic E-state index is 0.337. The van der Waals surface area contributed by atoms with Crippen molar-refractivity contribution in [2.24, 2.45) is 0 Å². The highest BCUT2D eigenvalue weighted by molar-refractivity contribution is 5.78. The van der Waals surface area contributed by atoms with Crippen molar-refractivity contribution in [1.82, 2.24) is 14.7 Å². The lowest BCUT2D eigenvalue weighted by Gasteiger charge is -2.32. The minimum Gasteiger partial charge on any atom is -0.490 e. The predicted molar refractivity (Wildman–Crippen MR) is 115 cm³/mol. The number of ether oxygens (including phenoxy) is 1. The fraction of sp³-hybridized carbons (Fsp3) is 0.391.